The van der Waals surface area contributed by atoms with E-state index in [1.54, 1.807) is 0 Å². The van der Waals surface area contributed by atoms with Crippen LogP contribution in [0.15, 0.2) is 48.5 Å². The maximum atomic E-state index is 2.26. The van der Waals surface area contributed by atoms with Crippen molar-refractivity contribution in [3.05, 3.63) is 61.5 Å². The first-order valence-corrected chi connectivity index (χ1v) is 4.89. The minimum atomic E-state index is 0. The summed E-state index contributed by atoms with van der Waals surface area (Å²) in [5.41, 5.74) is 1.34. The van der Waals surface area contributed by atoms with Crippen molar-refractivity contribution in [2.75, 3.05) is 0 Å². The Balaban J connectivity index is 0.000000640. The molecule has 3 aromatic carbocycles. The van der Waals surface area contributed by atoms with Crippen LogP contribution in [-0.2, 0) is 26.2 Å². The molecule has 0 N–H and O–H groups in total. The van der Waals surface area contributed by atoms with E-state index < -0.39 is 0 Å². The molecule has 0 aliphatic rings. The fourth-order valence-electron chi connectivity index (χ4n) is 2.11. The molecule has 3 rings (SSSR count). The van der Waals surface area contributed by atoms with Gasteiger partial charge in [-0.3, -0.25) is 0 Å². The van der Waals surface area contributed by atoms with Crippen LogP contribution in [0.4, 0.5) is 0 Å². The second kappa shape index (κ2) is 5.02. The van der Waals surface area contributed by atoms with E-state index >= 15 is 0 Å². The minimum absolute atomic E-state index is 0. The molecule has 0 fully saturated rings. The fraction of sp³-hybridized carbons (Fsp3) is 0.0667. The number of benzene rings is 2. The van der Waals surface area contributed by atoms with Crippen molar-refractivity contribution in [1.82, 2.24) is 0 Å². The molecule has 0 aliphatic heterocycles. The minimum Gasteiger partial charge on any atom is -0.358 e. The SMILES string of the molecule is Cc1cc2ccc3ccccc3c2[cH-]1.[CH3-].[Zr+2]. The molecule has 3 aromatic rings. The van der Waals surface area contributed by atoms with Crippen LogP contribution in [0.3, 0.4) is 0 Å². The van der Waals surface area contributed by atoms with Crippen LogP contribution in [-0.4, -0.2) is 0 Å². The Morgan fingerprint density at radius 2 is 1.62 bits per heavy atom. The second-order valence-corrected chi connectivity index (χ2v) is 3.82. The van der Waals surface area contributed by atoms with Gasteiger partial charge in [0.25, 0.3) is 0 Å². The molecule has 0 aliphatic carbocycles. The summed E-state index contributed by atoms with van der Waals surface area (Å²) in [7, 11) is 0. The summed E-state index contributed by atoms with van der Waals surface area (Å²) < 4.78 is 0. The third kappa shape index (κ3) is 2.02. The summed E-state index contributed by atoms with van der Waals surface area (Å²) >= 11 is 0. The van der Waals surface area contributed by atoms with Gasteiger partial charge in [-0.15, -0.1) is 28.5 Å². The topological polar surface area (TPSA) is 0 Å². The molecule has 16 heavy (non-hydrogen) atoms. The summed E-state index contributed by atoms with van der Waals surface area (Å²) in [6.07, 6.45) is 0. The van der Waals surface area contributed by atoms with Gasteiger partial charge in [0.1, 0.15) is 0 Å². The van der Waals surface area contributed by atoms with E-state index in [-0.39, 0.29) is 33.6 Å². The number of hydrogen-bond donors (Lipinski definition) is 0. The monoisotopic (exact) mass is 284 g/mol. The summed E-state index contributed by atoms with van der Waals surface area (Å²) in [5.74, 6) is 0. The quantitative estimate of drug-likeness (QED) is 0.535. The third-order valence-corrected chi connectivity index (χ3v) is 2.76. The zero-order valence-corrected chi connectivity index (χ0v) is 12.1. The fourth-order valence-corrected chi connectivity index (χ4v) is 2.11. The number of hydrogen-bond acceptors (Lipinski definition) is 0. The largest absolute Gasteiger partial charge is 2.00 e. The van der Waals surface area contributed by atoms with E-state index in [1.165, 1.54) is 27.1 Å². The molecule has 0 nitrogen and oxygen atoms in total. The van der Waals surface area contributed by atoms with Gasteiger partial charge in [-0.1, -0.05) is 48.0 Å². The van der Waals surface area contributed by atoms with Crippen molar-refractivity contribution in [2.45, 2.75) is 6.92 Å². The molecule has 1 heteroatoms. The first-order chi connectivity index (χ1) is 6.84. The molecule has 78 valence electrons. The number of rotatable bonds is 0. The van der Waals surface area contributed by atoms with Crippen molar-refractivity contribution in [1.29, 1.82) is 0 Å². The van der Waals surface area contributed by atoms with E-state index in [2.05, 4.69) is 55.5 Å². The molecule has 0 unspecified atom stereocenters. The molecule has 0 saturated carbocycles. The molecule has 0 heterocycles. The van der Waals surface area contributed by atoms with Crippen LogP contribution >= 0.6 is 0 Å². The normalized spacial score (nSPS) is 9.81. The molecular formula is C15H14Zr. The average Bonchev–Trinajstić information content (AvgIpc) is 2.59. The van der Waals surface area contributed by atoms with E-state index in [0.717, 1.165) is 0 Å². The average molecular weight is 286 g/mol. The first-order valence-electron chi connectivity index (χ1n) is 4.89. The zero-order chi connectivity index (χ0) is 9.54. The Morgan fingerprint density at radius 3 is 2.44 bits per heavy atom. The van der Waals surface area contributed by atoms with E-state index in [1.807, 2.05) is 0 Å². The van der Waals surface area contributed by atoms with Gasteiger partial charge in [-0.2, -0.15) is 6.07 Å². The molecule has 0 bridgehead atoms. The number of fused-ring (bicyclic) bond motifs is 3. The van der Waals surface area contributed by atoms with Crippen molar-refractivity contribution in [3.63, 3.8) is 0 Å². The molecule has 0 aromatic heterocycles. The van der Waals surface area contributed by atoms with Crippen LogP contribution in [0.5, 0.6) is 0 Å². The Morgan fingerprint density at radius 1 is 0.938 bits per heavy atom. The van der Waals surface area contributed by atoms with E-state index in [4.69, 9.17) is 0 Å². The van der Waals surface area contributed by atoms with Crippen LogP contribution < -0.4 is 0 Å². The van der Waals surface area contributed by atoms with Gasteiger partial charge in [0.05, 0.1) is 0 Å². The Bertz CT molecular complexity index is 605. The van der Waals surface area contributed by atoms with Gasteiger partial charge >= 0.3 is 26.2 Å². The van der Waals surface area contributed by atoms with Crippen molar-refractivity contribution in [3.8, 4) is 0 Å². The Kier molecular flexibility index (Phi) is 4.16. The van der Waals surface area contributed by atoms with Gasteiger partial charge in [-0.05, 0) is 0 Å². The van der Waals surface area contributed by atoms with Crippen molar-refractivity contribution in [2.24, 2.45) is 0 Å². The van der Waals surface area contributed by atoms with Gasteiger partial charge in [0, 0.05) is 0 Å². The maximum Gasteiger partial charge on any atom is 2.00 e. The van der Waals surface area contributed by atoms with Crippen molar-refractivity contribution >= 4 is 21.5 Å². The van der Waals surface area contributed by atoms with Crippen molar-refractivity contribution < 1.29 is 26.2 Å². The summed E-state index contributed by atoms with van der Waals surface area (Å²) in [5, 5.41) is 5.41. The number of aryl methyl sites for hydroxylation is 1. The standard InChI is InChI=1S/C14H11.CH3.Zr/c1-10-8-12-7-6-11-4-2-3-5-13(11)14(12)9-10;;/h2-9H,1H3;1H3;/q2*-1;+2. The zero-order valence-electron chi connectivity index (χ0n) is 9.62. The predicted octanol–water partition coefficient (Wildman–Crippen LogP) is 4.47. The molecule has 0 spiro atoms. The van der Waals surface area contributed by atoms with Gasteiger partial charge in [-0.25, -0.2) is 0 Å². The summed E-state index contributed by atoms with van der Waals surface area (Å²) in [4.78, 5) is 0. The van der Waals surface area contributed by atoms with Gasteiger partial charge < -0.3 is 7.43 Å². The summed E-state index contributed by atoms with van der Waals surface area (Å²) in [6.45, 7) is 2.15. The summed E-state index contributed by atoms with van der Waals surface area (Å²) in [6, 6.07) is 17.4. The van der Waals surface area contributed by atoms with Gasteiger partial charge in [0.15, 0.2) is 0 Å². The molecule has 0 atom stereocenters. The first kappa shape index (κ1) is 13.3. The van der Waals surface area contributed by atoms with E-state index in [0.29, 0.717) is 0 Å². The van der Waals surface area contributed by atoms with Crippen LogP contribution in [0.25, 0.3) is 21.5 Å². The van der Waals surface area contributed by atoms with Crippen LogP contribution in [0.1, 0.15) is 5.56 Å². The molecule has 0 saturated heterocycles. The second-order valence-electron chi connectivity index (χ2n) is 3.82. The third-order valence-electron chi connectivity index (χ3n) is 2.76. The smallest absolute Gasteiger partial charge is 0.358 e. The molecule has 0 radical (unpaired) electrons. The molecule has 0 amide bonds. The predicted molar refractivity (Wildman–Crippen MR) is 68.2 cm³/mol. The van der Waals surface area contributed by atoms with Crippen LogP contribution in [0, 0.1) is 14.4 Å². The Hall–Kier alpha value is -0.807. The maximum absolute atomic E-state index is 2.26. The van der Waals surface area contributed by atoms with E-state index in [9.17, 15) is 0 Å². The van der Waals surface area contributed by atoms with Crippen LogP contribution in [0.2, 0.25) is 0 Å². The van der Waals surface area contributed by atoms with Gasteiger partial charge in [0.2, 0.25) is 0 Å². The molecular weight excluding hydrogens is 271 g/mol. The Labute approximate surface area is 116 Å².